The molecule has 2 saturated heterocycles. The fraction of sp³-hybridized carbons (Fsp3) is 0.591. The second-order valence-corrected chi connectivity index (χ2v) is 9.60. The number of carbonyl (C=O) groups excluding carboxylic acids is 1. The molecule has 12 heteroatoms. The molecule has 2 aromatic rings. The molecule has 0 atom stereocenters. The number of benzene rings is 1. The number of hydrogen-bond acceptors (Lipinski definition) is 7. The highest BCUT2D eigenvalue weighted by molar-refractivity contribution is 6.30. The third-order valence-electron chi connectivity index (χ3n) is 6.90. The largest absolute Gasteiger partial charge is 0.523 e. The minimum atomic E-state index is -4.80. The first-order chi connectivity index (χ1) is 16.1. The number of fused-ring (bicyclic) bond motifs is 3. The Morgan fingerprint density at radius 1 is 1.06 bits per heavy atom. The smallest absolute Gasteiger partial charge is 0.484 e. The van der Waals surface area contributed by atoms with Gasteiger partial charge in [0, 0.05) is 5.02 Å². The summed E-state index contributed by atoms with van der Waals surface area (Å²) in [7, 11) is 0. The second kappa shape index (κ2) is 8.39. The quantitative estimate of drug-likeness (QED) is 0.601. The molecule has 4 aliphatic rings. The van der Waals surface area contributed by atoms with Crippen molar-refractivity contribution in [3.8, 4) is 5.75 Å². The summed E-state index contributed by atoms with van der Waals surface area (Å²) in [5, 5.41) is 11.5. The summed E-state index contributed by atoms with van der Waals surface area (Å²) in [5.41, 5.74) is -3.04. The summed E-state index contributed by atoms with van der Waals surface area (Å²) in [5.74, 6) is 0.249. The zero-order valence-electron chi connectivity index (χ0n) is 18.1. The maximum absolute atomic E-state index is 12.9. The van der Waals surface area contributed by atoms with E-state index in [1.165, 1.54) is 0 Å². The van der Waals surface area contributed by atoms with Gasteiger partial charge in [0.25, 0.3) is 5.91 Å². The number of carbonyl (C=O) groups is 1. The van der Waals surface area contributed by atoms with Crippen molar-refractivity contribution in [1.29, 1.82) is 0 Å². The van der Waals surface area contributed by atoms with Crippen molar-refractivity contribution in [2.75, 3.05) is 13.2 Å². The average Bonchev–Trinajstić information content (AvgIpc) is 3.28. The van der Waals surface area contributed by atoms with Crippen molar-refractivity contribution in [1.82, 2.24) is 15.5 Å². The van der Waals surface area contributed by atoms with Gasteiger partial charge in [0.15, 0.2) is 12.2 Å². The molecule has 4 fully saturated rings. The Bertz CT molecular complexity index is 1030. The normalized spacial score (nSPS) is 27.8. The van der Waals surface area contributed by atoms with Crippen LogP contribution in [0.3, 0.4) is 0 Å². The van der Waals surface area contributed by atoms with Gasteiger partial charge in [0.2, 0.25) is 11.8 Å². The van der Waals surface area contributed by atoms with Crippen LogP contribution in [0.1, 0.15) is 56.7 Å². The van der Waals surface area contributed by atoms with Gasteiger partial charge < -0.3 is 19.2 Å². The summed E-state index contributed by atoms with van der Waals surface area (Å²) in [6.45, 7) is 0.0738. The number of hydrogen-bond donors (Lipinski definition) is 1. The lowest BCUT2D eigenvalue weighted by atomic mass is 9.71. The predicted molar refractivity (Wildman–Crippen MR) is 111 cm³/mol. The van der Waals surface area contributed by atoms with Crippen molar-refractivity contribution < 1.29 is 36.6 Å². The van der Waals surface area contributed by atoms with Crippen LogP contribution in [-0.2, 0) is 25.5 Å². The van der Waals surface area contributed by atoms with E-state index in [1.54, 1.807) is 24.3 Å². The van der Waals surface area contributed by atoms with Gasteiger partial charge in [0.05, 0.1) is 12.1 Å². The summed E-state index contributed by atoms with van der Waals surface area (Å²) >= 11 is 5.84. The zero-order chi connectivity index (χ0) is 24.0. The Labute approximate surface area is 198 Å². The van der Waals surface area contributed by atoms with Crippen LogP contribution in [0.2, 0.25) is 5.02 Å². The molecule has 1 aromatic heterocycles. The van der Waals surface area contributed by atoms with E-state index >= 15 is 0 Å². The maximum Gasteiger partial charge on any atom is 0.523 e. The number of rotatable bonds is 7. The van der Waals surface area contributed by atoms with Crippen LogP contribution in [0.25, 0.3) is 0 Å². The van der Waals surface area contributed by atoms with Gasteiger partial charge in [-0.15, -0.1) is 23.4 Å². The Morgan fingerprint density at radius 2 is 1.74 bits per heavy atom. The van der Waals surface area contributed by atoms with Crippen molar-refractivity contribution in [2.45, 2.75) is 68.0 Å². The third-order valence-corrected chi connectivity index (χ3v) is 7.16. The monoisotopic (exact) mass is 501 g/mol. The van der Waals surface area contributed by atoms with Crippen LogP contribution in [0.5, 0.6) is 5.75 Å². The molecule has 2 aliphatic heterocycles. The lowest BCUT2D eigenvalue weighted by molar-refractivity contribution is -0.387. The zero-order valence-corrected chi connectivity index (χ0v) is 18.9. The summed E-state index contributed by atoms with van der Waals surface area (Å²) in [6.07, 6.45) is -1.72. The molecule has 6 rings (SSSR count). The molecule has 0 spiro atoms. The summed E-state index contributed by atoms with van der Waals surface area (Å²) < 4.78 is 60.3. The fourth-order valence-electron chi connectivity index (χ4n) is 4.82. The Morgan fingerprint density at radius 3 is 2.29 bits per heavy atom. The highest BCUT2D eigenvalue weighted by Gasteiger charge is 2.56. The molecule has 3 heterocycles. The number of nitrogens with one attached hydrogen (secondary N) is 1. The topological polar surface area (TPSA) is 95.7 Å². The standard InChI is InChI=1S/C22H23ClF3N3O5/c23-14-2-4-15(5-3-14)31-12-16(30)27-19-8-10-20(11-9-19,32-13-19)17-28-29-18(33-17)21(6-1-7-21)34-22(24,25)26/h2-5H,1,6-13H2,(H,27,30). The molecular formula is C22H23ClF3N3O5. The van der Waals surface area contributed by atoms with E-state index in [2.05, 4.69) is 20.3 Å². The summed E-state index contributed by atoms with van der Waals surface area (Å²) in [6, 6.07) is 6.71. The number of aromatic nitrogens is 2. The number of amides is 1. The first-order valence-electron chi connectivity index (χ1n) is 11.1. The van der Waals surface area contributed by atoms with Crippen LogP contribution < -0.4 is 10.1 Å². The van der Waals surface area contributed by atoms with Crippen molar-refractivity contribution in [2.24, 2.45) is 0 Å². The van der Waals surface area contributed by atoms with Gasteiger partial charge >= 0.3 is 6.36 Å². The van der Waals surface area contributed by atoms with E-state index in [0.717, 1.165) is 0 Å². The van der Waals surface area contributed by atoms with E-state index < -0.39 is 23.1 Å². The highest BCUT2D eigenvalue weighted by Crippen LogP contribution is 2.51. The van der Waals surface area contributed by atoms with E-state index in [4.69, 9.17) is 25.5 Å². The van der Waals surface area contributed by atoms with Gasteiger partial charge in [0.1, 0.15) is 11.4 Å². The molecule has 2 aliphatic carbocycles. The lowest BCUT2D eigenvalue weighted by Gasteiger charge is -2.51. The molecule has 1 N–H and O–H groups in total. The second-order valence-electron chi connectivity index (χ2n) is 9.16. The molecule has 2 bridgehead atoms. The average molecular weight is 502 g/mol. The van der Waals surface area contributed by atoms with Crippen LogP contribution >= 0.6 is 11.6 Å². The molecule has 1 aromatic carbocycles. The molecule has 2 saturated carbocycles. The minimum absolute atomic E-state index is 0.150. The molecule has 184 valence electrons. The lowest BCUT2D eigenvalue weighted by Crippen LogP contribution is -2.62. The molecule has 34 heavy (non-hydrogen) atoms. The van der Waals surface area contributed by atoms with Gasteiger partial charge in [-0.2, -0.15) is 0 Å². The van der Waals surface area contributed by atoms with Crippen LogP contribution in [0, 0.1) is 0 Å². The van der Waals surface area contributed by atoms with E-state index in [-0.39, 0.29) is 43.7 Å². The van der Waals surface area contributed by atoms with Gasteiger partial charge in [-0.3, -0.25) is 9.53 Å². The van der Waals surface area contributed by atoms with E-state index in [1.807, 2.05) is 0 Å². The molecule has 0 unspecified atom stereocenters. The number of nitrogens with zero attached hydrogens (tertiary/aromatic N) is 2. The van der Waals surface area contributed by atoms with Crippen LogP contribution in [0.15, 0.2) is 28.7 Å². The van der Waals surface area contributed by atoms with Gasteiger partial charge in [-0.05, 0) is 69.2 Å². The first kappa shape index (κ1) is 23.4. The molecular weight excluding hydrogens is 479 g/mol. The Balaban J connectivity index is 1.20. The SMILES string of the molecule is O=C(COc1ccc(Cl)cc1)NC12CCC(c3nnc(C4(OC(F)(F)F)CCC4)o3)(CC1)OC2. The highest BCUT2D eigenvalue weighted by atomic mass is 35.5. The van der Waals surface area contributed by atoms with Gasteiger partial charge in [-0.25, -0.2) is 0 Å². The molecule has 8 nitrogen and oxygen atoms in total. The first-order valence-corrected chi connectivity index (χ1v) is 11.4. The van der Waals surface area contributed by atoms with Crippen LogP contribution in [-0.4, -0.2) is 41.2 Å². The van der Waals surface area contributed by atoms with Gasteiger partial charge in [-0.1, -0.05) is 11.6 Å². The predicted octanol–water partition coefficient (Wildman–Crippen LogP) is 4.37. The van der Waals surface area contributed by atoms with Crippen molar-refractivity contribution >= 4 is 17.5 Å². The van der Waals surface area contributed by atoms with Crippen molar-refractivity contribution in [3.63, 3.8) is 0 Å². The Kier molecular flexibility index (Phi) is 5.77. The number of halogens is 4. The van der Waals surface area contributed by atoms with Crippen LogP contribution in [0.4, 0.5) is 13.2 Å². The third kappa shape index (κ3) is 4.48. The number of alkyl halides is 3. The van der Waals surface area contributed by atoms with E-state index in [0.29, 0.717) is 42.9 Å². The fourth-order valence-corrected chi connectivity index (χ4v) is 4.94. The number of ether oxygens (including phenoxy) is 3. The summed E-state index contributed by atoms with van der Waals surface area (Å²) in [4.78, 5) is 12.5. The molecule has 0 radical (unpaired) electrons. The van der Waals surface area contributed by atoms with E-state index in [9.17, 15) is 18.0 Å². The minimum Gasteiger partial charge on any atom is -0.484 e. The molecule has 1 amide bonds. The maximum atomic E-state index is 12.9. The van der Waals surface area contributed by atoms with Crippen molar-refractivity contribution in [3.05, 3.63) is 41.1 Å². The Hall–Kier alpha value is -2.37.